The van der Waals surface area contributed by atoms with Crippen molar-refractivity contribution in [2.75, 3.05) is 11.5 Å². The van der Waals surface area contributed by atoms with Gasteiger partial charge in [-0.25, -0.2) is 4.79 Å². The molecule has 1 heterocycles. The zero-order chi connectivity index (χ0) is 26.6. The summed E-state index contributed by atoms with van der Waals surface area (Å²) < 4.78 is 5.21. The molecule has 2 aliphatic carbocycles. The molecule has 0 aromatic heterocycles. The topological polar surface area (TPSA) is 80.8 Å². The van der Waals surface area contributed by atoms with E-state index in [1.165, 1.54) is 40.8 Å². The summed E-state index contributed by atoms with van der Waals surface area (Å²) in [5.74, 6) is -1.70. The number of benzene rings is 3. The number of carbonyl (C=O) groups excluding carboxylic acids is 4. The smallest absolute Gasteiger partial charge is 0.338 e. The molecule has 0 unspecified atom stereocenters. The fourth-order valence-electron chi connectivity index (χ4n) is 6.58. The molecule has 5 atom stereocenters. The zero-order valence-corrected chi connectivity index (χ0v) is 21.7. The standard InChI is InChI=1S/C30H23Cl2NO5/c31-19-9-10-21(24(32)14-19)25(34)15-38-30(37)17-7-4-8-20(11-17)33-28(35)26-18-12-22(16-5-2-1-3-6-16)23(13-18)27(26)29(33)36/h1-11,14,18,22-23,26-27H,12-13,15H2/t18-,22-,23+,26-,27-/m1/s1. The van der Waals surface area contributed by atoms with Crippen molar-refractivity contribution >= 4 is 52.5 Å². The Morgan fingerprint density at radius 1 is 0.868 bits per heavy atom. The Hall–Kier alpha value is -3.48. The Bertz CT molecular complexity index is 1470. The van der Waals surface area contributed by atoms with Crippen molar-refractivity contribution in [1.82, 2.24) is 0 Å². The summed E-state index contributed by atoms with van der Waals surface area (Å²) in [5, 5.41) is 0.555. The van der Waals surface area contributed by atoms with Gasteiger partial charge in [0.2, 0.25) is 17.6 Å². The number of ether oxygens (including phenoxy) is 1. The van der Waals surface area contributed by atoms with Gasteiger partial charge in [-0.2, -0.15) is 0 Å². The second kappa shape index (κ2) is 9.68. The van der Waals surface area contributed by atoms with E-state index in [-0.39, 0.29) is 57.6 Å². The second-order valence-corrected chi connectivity index (χ2v) is 11.0. The van der Waals surface area contributed by atoms with Crippen LogP contribution in [0.2, 0.25) is 10.0 Å². The van der Waals surface area contributed by atoms with Crippen molar-refractivity contribution in [2.24, 2.45) is 23.7 Å². The lowest BCUT2D eigenvalue weighted by molar-refractivity contribution is -0.123. The van der Waals surface area contributed by atoms with Crippen LogP contribution >= 0.6 is 23.2 Å². The van der Waals surface area contributed by atoms with Crippen molar-refractivity contribution in [3.8, 4) is 0 Å². The largest absolute Gasteiger partial charge is 0.454 e. The molecule has 38 heavy (non-hydrogen) atoms. The van der Waals surface area contributed by atoms with Crippen LogP contribution in [0.3, 0.4) is 0 Å². The molecule has 2 amide bonds. The number of carbonyl (C=O) groups is 4. The first-order valence-electron chi connectivity index (χ1n) is 12.5. The van der Waals surface area contributed by atoms with E-state index in [9.17, 15) is 19.2 Å². The molecule has 3 aliphatic rings. The number of rotatable bonds is 6. The molecule has 8 heteroatoms. The lowest BCUT2D eigenvalue weighted by atomic mass is 9.73. The Morgan fingerprint density at radius 2 is 1.63 bits per heavy atom. The van der Waals surface area contributed by atoms with E-state index in [0.717, 1.165) is 12.8 Å². The maximum atomic E-state index is 13.6. The maximum Gasteiger partial charge on any atom is 0.338 e. The van der Waals surface area contributed by atoms with Crippen molar-refractivity contribution in [3.05, 3.63) is 99.5 Å². The Kier molecular flexibility index (Phi) is 6.33. The highest BCUT2D eigenvalue weighted by Crippen LogP contribution is 2.61. The third kappa shape index (κ3) is 4.12. The van der Waals surface area contributed by atoms with Crippen LogP contribution in [0, 0.1) is 23.7 Å². The van der Waals surface area contributed by atoms with Gasteiger partial charge in [0.05, 0.1) is 28.1 Å². The SMILES string of the molecule is O=C(OCC(=O)c1ccc(Cl)cc1Cl)c1cccc(N2C(=O)[C@@H]3[C@H]4C[C@H]([C@H]3C2=O)[C@@H](c2ccccc2)C4)c1. The second-order valence-electron chi connectivity index (χ2n) is 10.1. The monoisotopic (exact) mass is 547 g/mol. The fraction of sp³-hybridized carbons (Fsp3) is 0.267. The highest BCUT2D eigenvalue weighted by Gasteiger charge is 2.64. The van der Waals surface area contributed by atoms with E-state index >= 15 is 0 Å². The van der Waals surface area contributed by atoms with Crippen molar-refractivity contribution in [2.45, 2.75) is 18.8 Å². The van der Waals surface area contributed by atoms with E-state index in [1.54, 1.807) is 12.1 Å². The van der Waals surface area contributed by atoms with Gasteiger partial charge in [-0.15, -0.1) is 0 Å². The summed E-state index contributed by atoms with van der Waals surface area (Å²) in [6.45, 7) is -0.514. The number of halogens is 2. The van der Waals surface area contributed by atoms with Gasteiger partial charge in [0.25, 0.3) is 0 Å². The average Bonchev–Trinajstić information content (AvgIpc) is 3.59. The minimum atomic E-state index is -0.742. The summed E-state index contributed by atoms with van der Waals surface area (Å²) in [6.07, 6.45) is 1.79. The Labute approximate surface area is 229 Å². The molecule has 3 fully saturated rings. The van der Waals surface area contributed by atoms with Crippen LogP contribution in [0.4, 0.5) is 5.69 Å². The van der Waals surface area contributed by atoms with Crippen LogP contribution in [-0.4, -0.2) is 30.2 Å². The van der Waals surface area contributed by atoms with Crippen LogP contribution < -0.4 is 4.90 Å². The molecular formula is C30H23Cl2NO5. The van der Waals surface area contributed by atoms with Crippen LogP contribution in [0.15, 0.2) is 72.8 Å². The summed E-state index contributed by atoms with van der Waals surface area (Å²) in [5.41, 5.74) is 1.89. The number of hydrogen-bond acceptors (Lipinski definition) is 5. The third-order valence-corrected chi connectivity index (χ3v) is 8.70. The van der Waals surface area contributed by atoms with Gasteiger partial charge in [-0.1, -0.05) is 59.6 Å². The van der Waals surface area contributed by atoms with Gasteiger partial charge in [-0.3, -0.25) is 19.3 Å². The molecule has 3 aromatic rings. The minimum absolute atomic E-state index is 0.132. The van der Waals surface area contributed by atoms with E-state index in [0.29, 0.717) is 10.7 Å². The first-order valence-corrected chi connectivity index (χ1v) is 13.3. The minimum Gasteiger partial charge on any atom is -0.454 e. The normalized spacial score (nSPS) is 25.5. The van der Waals surface area contributed by atoms with E-state index < -0.39 is 18.4 Å². The number of imide groups is 1. The zero-order valence-electron chi connectivity index (χ0n) is 20.2. The van der Waals surface area contributed by atoms with Gasteiger partial charge in [0, 0.05) is 10.6 Å². The molecule has 3 aromatic carbocycles. The number of amides is 2. The maximum absolute atomic E-state index is 13.6. The lowest BCUT2D eigenvalue weighted by Crippen LogP contribution is -2.33. The van der Waals surface area contributed by atoms with E-state index in [4.69, 9.17) is 27.9 Å². The lowest BCUT2D eigenvalue weighted by Gasteiger charge is -2.28. The molecule has 2 bridgehead atoms. The molecule has 0 radical (unpaired) electrons. The van der Waals surface area contributed by atoms with Crippen molar-refractivity contribution in [1.29, 1.82) is 0 Å². The first kappa shape index (κ1) is 24.8. The quantitative estimate of drug-likeness (QED) is 0.216. The Balaban J connectivity index is 1.18. The highest BCUT2D eigenvalue weighted by atomic mass is 35.5. The molecule has 0 N–H and O–H groups in total. The average molecular weight is 548 g/mol. The molecule has 1 aliphatic heterocycles. The van der Waals surface area contributed by atoms with Gasteiger partial charge in [0.15, 0.2) is 6.61 Å². The first-order chi connectivity index (χ1) is 18.3. The molecular weight excluding hydrogens is 525 g/mol. The molecule has 2 saturated carbocycles. The van der Waals surface area contributed by atoms with Crippen LogP contribution in [0.1, 0.15) is 45.0 Å². The van der Waals surface area contributed by atoms with E-state index in [1.807, 2.05) is 18.2 Å². The van der Waals surface area contributed by atoms with Gasteiger partial charge in [-0.05, 0) is 72.6 Å². The number of nitrogens with zero attached hydrogens (tertiary/aromatic N) is 1. The molecule has 6 nitrogen and oxygen atoms in total. The number of ketones is 1. The molecule has 6 rings (SSSR count). The van der Waals surface area contributed by atoms with Crippen LogP contribution in [0.25, 0.3) is 0 Å². The predicted octanol–water partition coefficient (Wildman–Crippen LogP) is 5.96. The predicted molar refractivity (Wildman–Crippen MR) is 142 cm³/mol. The van der Waals surface area contributed by atoms with Crippen LogP contribution in [0.5, 0.6) is 0 Å². The summed E-state index contributed by atoms with van der Waals surface area (Å²) >= 11 is 11.9. The fourth-order valence-corrected chi connectivity index (χ4v) is 7.09. The number of hydrogen-bond donors (Lipinski definition) is 0. The number of fused-ring (bicyclic) bond motifs is 5. The number of esters is 1. The Morgan fingerprint density at radius 3 is 2.39 bits per heavy atom. The number of Topliss-reactive ketones (excluding diaryl/α,β-unsaturated/α-hetero) is 1. The van der Waals surface area contributed by atoms with Gasteiger partial charge < -0.3 is 4.74 Å². The summed E-state index contributed by atoms with van der Waals surface area (Å²) in [4.78, 5) is 53.5. The summed E-state index contributed by atoms with van der Waals surface area (Å²) in [7, 11) is 0. The van der Waals surface area contributed by atoms with Gasteiger partial charge >= 0.3 is 5.97 Å². The number of anilines is 1. The van der Waals surface area contributed by atoms with E-state index in [2.05, 4.69) is 12.1 Å². The van der Waals surface area contributed by atoms with Crippen molar-refractivity contribution in [3.63, 3.8) is 0 Å². The molecule has 0 spiro atoms. The van der Waals surface area contributed by atoms with Crippen molar-refractivity contribution < 1.29 is 23.9 Å². The summed E-state index contributed by atoms with van der Waals surface area (Å²) in [6, 6.07) is 20.9. The highest BCUT2D eigenvalue weighted by molar-refractivity contribution is 6.36. The molecule has 1 saturated heterocycles. The van der Waals surface area contributed by atoms with Crippen LogP contribution in [-0.2, 0) is 14.3 Å². The molecule has 192 valence electrons. The third-order valence-electron chi connectivity index (χ3n) is 8.15. The van der Waals surface area contributed by atoms with Gasteiger partial charge in [0.1, 0.15) is 0 Å².